The van der Waals surface area contributed by atoms with Crippen molar-refractivity contribution in [1.82, 2.24) is 0 Å². The van der Waals surface area contributed by atoms with E-state index in [1.54, 1.807) is 30.2 Å². The molecular weight excluding hydrogens is 347 g/mol. The van der Waals surface area contributed by atoms with Gasteiger partial charge in [-0.3, -0.25) is 4.79 Å². The molecule has 1 aromatic carbocycles. The summed E-state index contributed by atoms with van der Waals surface area (Å²) in [5.74, 6) is 0.895. The van der Waals surface area contributed by atoms with Gasteiger partial charge in [0.15, 0.2) is 5.78 Å². The van der Waals surface area contributed by atoms with Gasteiger partial charge in [0.05, 0.1) is 0 Å². The van der Waals surface area contributed by atoms with E-state index in [0.717, 1.165) is 17.1 Å². The van der Waals surface area contributed by atoms with E-state index in [1.807, 2.05) is 19.9 Å². The second-order valence-electron chi connectivity index (χ2n) is 8.27. The first-order valence-electron chi connectivity index (χ1n) is 9.93. The molecule has 0 bridgehead atoms. The highest BCUT2D eigenvalue weighted by molar-refractivity contribution is 7.18. The molecule has 3 atom stereocenters. The van der Waals surface area contributed by atoms with Crippen molar-refractivity contribution in [2.75, 3.05) is 0 Å². The molecule has 2 rings (SSSR count). The van der Waals surface area contributed by atoms with E-state index in [1.165, 1.54) is 18.4 Å². The quantitative estimate of drug-likeness (QED) is 0.301. The third kappa shape index (κ3) is 6.01. The largest absolute Gasteiger partial charge is 0.295 e. The topological polar surface area (TPSA) is 17.1 Å². The van der Waals surface area contributed by atoms with Gasteiger partial charge in [0, 0.05) is 5.57 Å². The van der Waals surface area contributed by atoms with Gasteiger partial charge in [0.2, 0.25) is 0 Å². The lowest BCUT2D eigenvalue weighted by Gasteiger charge is -2.19. The van der Waals surface area contributed by atoms with Gasteiger partial charge in [0.25, 0.3) is 0 Å². The van der Waals surface area contributed by atoms with E-state index < -0.39 is 0 Å². The van der Waals surface area contributed by atoms with Crippen LogP contribution >= 0.6 is 9.24 Å². The Morgan fingerprint density at radius 3 is 2.48 bits per heavy atom. The minimum absolute atomic E-state index is 0.102. The van der Waals surface area contributed by atoms with Crippen molar-refractivity contribution in [1.29, 1.82) is 0 Å². The minimum Gasteiger partial charge on any atom is -0.295 e. The van der Waals surface area contributed by atoms with E-state index in [-0.39, 0.29) is 5.78 Å². The van der Waals surface area contributed by atoms with Crippen LogP contribution in [0.2, 0.25) is 0 Å². The van der Waals surface area contributed by atoms with E-state index in [0.29, 0.717) is 11.1 Å². The molecule has 2 heteroatoms. The molecule has 0 radical (unpaired) electrons. The predicted molar refractivity (Wildman–Crippen MR) is 124 cm³/mol. The van der Waals surface area contributed by atoms with Crippen molar-refractivity contribution < 1.29 is 4.79 Å². The predicted octanol–water partition coefficient (Wildman–Crippen LogP) is 7.07. The fraction of sp³-hybridized carbons (Fsp3) is 0.480. The number of carbonyl (C=O) groups excluding carboxylic acids is 1. The number of rotatable bonds is 5. The molecule has 27 heavy (non-hydrogen) atoms. The van der Waals surface area contributed by atoms with E-state index in [4.69, 9.17) is 0 Å². The Balaban J connectivity index is 0.000000271. The molecular formula is C25H37OP. The van der Waals surface area contributed by atoms with Crippen molar-refractivity contribution >= 4 is 15.0 Å². The Bertz CT molecular complexity index is 735. The molecule has 0 saturated heterocycles. The summed E-state index contributed by atoms with van der Waals surface area (Å²) in [5, 5.41) is 0. The second-order valence-corrected chi connectivity index (χ2v) is 9.27. The molecule has 1 nitrogen and oxygen atoms in total. The maximum absolute atomic E-state index is 11.2. The maximum atomic E-state index is 11.2. The number of fused-ring (bicyclic) bond motifs is 1. The van der Waals surface area contributed by atoms with Gasteiger partial charge in [-0.05, 0) is 67.3 Å². The van der Waals surface area contributed by atoms with Crippen molar-refractivity contribution in [3.63, 3.8) is 0 Å². The summed E-state index contributed by atoms with van der Waals surface area (Å²) in [6.07, 6.45) is 7.87. The van der Waals surface area contributed by atoms with Gasteiger partial charge in [-0.15, -0.1) is 9.24 Å². The highest BCUT2D eigenvalue weighted by Crippen LogP contribution is 2.48. The minimum atomic E-state index is 0.102. The standard InChI is InChI=1S/C14H20.C11H17OP/c1-5-11-9-14(3,4)12-8-6-7-10(2)13(11)12;1-5-6-7-11(9(3)12)8(2)10(4)13/h6-8,11H,5,9H2,1-4H3;5-7,10H,1,13H2,2-4H3/b;7-6-,11-8-/t11-;/m0./s1. The molecule has 0 spiro atoms. The lowest BCUT2D eigenvalue weighted by atomic mass is 9.86. The Hall–Kier alpha value is -1.46. The average molecular weight is 385 g/mol. The number of benzene rings is 1. The molecule has 0 heterocycles. The van der Waals surface area contributed by atoms with Crippen LogP contribution in [0.15, 0.2) is 54.2 Å². The first-order chi connectivity index (χ1) is 12.6. The highest BCUT2D eigenvalue weighted by Gasteiger charge is 2.36. The summed E-state index contributed by atoms with van der Waals surface area (Å²) >= 11 is 0. The smallest absolute Gasteiger partial charge is 0.159 e. The summed E-state index contributed by atoms with van der Waals surface area (Å²) in [6, 6.07) is 6.77. The Morgan fingerprint density at radius 1 is 1.37 bits per heavy atom. The number of allylic oxidation sites excluding steroid dienone is 5. The SMILES string of the molecule is C=C/C=C\C(C(C)=O)=C(/C)C(C)P.CC[C@H]1CC(C)(C)c2cccc(C)c21. The number of Topliss-reactive ketones (excluding diaryl/α,β-unsaturated/α-hetero) is 1. The molecule has 148 valence electrons. The van der Waals surface area contributed by atoms with Crippen LogP contribution in [0.25, 0.3) is 0 Å². The van der Waals surface area contributed by atoms with E-state index >= 15 is 0 Å². The van der Waals surface area contributed by atoms with Crippen LogP contribution in [0.4, 0.5) is 0 Å². The van der Waals surface area contributed by atoms with Crippen LogP contribution in [-0.4, -0.2) is 11.4 Å². The molecule has 2 unspecified atom stereocenters. The van der Waals surface area contributed by atoms with Crippen molar-refractivity contribution in [2.24, 2.45) is 0 Å². The number of aryl methyl sites for hydroxylation is 1. The molecule has 0 saturated carbocycles. The first-order valence-corrected chi connectivity index (χ1v) is 10.6. The molecule has 0 aliphatic heterocycles. The van der Waals surface area contributed by atoms with E-state index in [9.17, 15) is 4.79 Å². The van der Waals surface area contributed by atoms with Gasteiger partial charge < -0.3 is 0 Å². The van der Waals surface area contributed by atoms with Crippen molar-refractivity contribution in [3.05, 3.63) is 70.8 Å². The fourth-order valence-electron chi connectivity index (χ4n) is 3.93. The molecule has 0 amide bonds. The molecule has 1 aliphatic rings. The van der Waals surface area contributed by atoms with Crippen molar-refractivity contribution in [3.8, 4) is 0 Å². The zero-order valence-corrected chi connectivity index (χ0v) is 19.4. The normalized spacial score (nSPS) is 19.6. The van der Waals surface area contributed by atoms with Gasteiger partial charge in [-0.1, -0.05) is 76.3 Å². The van der Waals surface area contributed by atoms with Crippen LogP contribution in [0.3, 0.4) is 0 Å². The third-order valence-corrected chi connectivity index (χ3v) is 6.10. The summed E-state index contributed by atoms with van der Waals surface area (Å²) in [5.41, 5.74) is 7.30. The lowest BCUT2D eigenvalue weighted by Crippen LogP contribution is -2.12. The molecule has 1 aromatic rings. The summed E-state index contributed by atoms with van der Waals surface area (Å²) < 4.78 is 0. The monoisotopic (exact) mass is 384 g/mol. The number of ketones is 1. The summed E-state index contributed by atoms with van der Waals surface area (Å²) in [6.45, 7) is 18.5. The first kappa shape index (κ1) is 23.6. The number of hydrogen-bond acceptors (Lipinski definition) is 1. The molecule has 0 fully saturated rings. The highest BCUT2D eigenvalue weighted by atomic mass is 31.0. The number of carbonyl (C=O) groups is 1. The van der Waals surface area contributed by atoms with Gasteiger partial charge in [-0.2, -0.15) is 0 Å². The van der Waals surface area contributed by atoms with Crippen LogP contribution in [0.1, 0.15) is 77.0 Å². The van der Waals surface area contributed by atoms with Gasteiger partial charge in [-0.25, -0.2) is 0 Å². The summed E-state index contributed by atoms with van der Waals surface area (Å²) in [7, 11) is 2.68. The number of hydrogen-bond donors (Lipinski definition) is 0. The zero-order valence-electron chi connectivity index (χ0n) is 18.2. The maximum Gasteiger partial charge on any atom is 0.159 e. The molecule has 1 aliphatic carbocycles. The van der Waals surface area contributed by atoms with E-state index in [2.05, 4.69) is 61.7 Å². The third-order valence-electron chi connectivity index (χ3n) is 5.60. The zero-order chi connectivity index (χ0) is 20.8. The Kier molecular flexibility index (Phi) is 8.89. The van der Waals surface area contributed by atoms with Crippen molar-refractivity contribution in [2.45, 2.75) is 78.3 Å². The fourth-order valence-corrected chi connectivity index (χ4v) is 4.10. The van der Waals surface area contributed by atoms with Crippen LogP contribution in [0, 0.1) is 6.92 Å². The summed E-state index contributed by atoms with van der Waals surface area (Å²) in [4.78, 5) is 11.2. The molecule has 0 aromatic heterocycles. The van der Waals surface area contributed by atoms with Crippen LogP contribution < -0.4 is 0 Å². The lowest BCUT2D eigenvalue weighted by molar-refractivity contribution is -0.113. The average Bonchev–Trinajstić information content (AvgIpc) is 2.87. The second kappa shape index (κ2) is 10.2. The van der Waals surface area contributed by atoms with Gasteiger partial charge in [0.1, 0.15) is 0 Å². The van der Waals surface area contributed by atoms with Crippen LogP contribution in [-0.2, 0) is 10.2 Å². The Morgan fingerprint density at radius 2 is 2.00 bits per heavy atom. The van der Waals surface area contributed by atoms with Crippen LogP contribution in [0.5, 0.6) is 0 Å². The Labute approximate surface area is 169 Å². The molecule has 0 N–H and O–H groups in total. The van der Waals surface area contributed by atoms with Gasteiger partial charge >= 0.3 is 0 Å².